The number of benzene rings is 1. The predicted octanol–water partition coefficient (Wildman–Crippen LogP) is 3.03. The number of nitrogens with zero attached hydrogens (tertiary/aromatic N) is 2. The molecular formula is C18H23N3O2S. The first-order valence-corrected chi connectivity index (χ1v) is 9.14. The van der Waals surface area contributed by atoms with E-state index in [0.29, 0.717) is 11.4 Å². The average molecular weight is 345 g/mol. The molecule has 0 saturated carbocycles. The number of nitrogens with one attached hydrogen (secondary N) is 1. The highest BCUT2D eigenvalue weighted by Crippen LogP contribution is 2.31. The van der Waals surface area contributed by atoms with Gasteiger partial charge in [0.2, 0.25) is 0 Å². The highest BCUT2D eigenvalue weighted by molar-refractivity contribution is 7.11. The topological polar surface area (TPSA) is 54.5 Å². The number of thiazole rings is 1. The summed E-state index contributed by atoms with van der Waals surface area (Å²) in [4.78, 5) is 19.7. The Balaban J connectivity index is 1.78. The number of para-hydroxylation sites is 1. The molecule has 1 N–H and O–H groups in total. The van der Waals surface area contributed by atoms with Gasteiger partial charge in [-0.15, -0.1) is 11.3 Å². The monoisotopic (exact) mass is 345 g/mol. The fourth-order valence-corrected chi connectivity index (χ4v) is 3.94. The average Bonchev–Trinajstić information content (AvgIpc) is 3.27. The molecule has 1 atom stereocenters. The molecule has 1 amide bonds. The maximum absolute atomic E-state index is 12.4. The number of aryl methyl sites for hydroxylation is 1. The van der Waals surface area contributed by atoms with Gasteiger partial charge in [0.1, 0.15) is 10.6 Å². The number of hydrogen-bond acceptors (Lipinski definition) is 5. The second-order valence-corrected chi connectivity index (χ2v) is 6.83. The molecule has 3 rings (SSSR count). The molecule has 1 aliphatic heterocycles. The van der Waals surface area contributed by atoms with Crippen molar-refractivity contribution in [1.29, 1.82) is 0 Å². The van der Waals surface area contributed by atoms with Crippen molar-refractivity contribution in [3.8, 4) is 5.75 Å². The lowest BCUT2D eigenvalue weighted by molar-refractivity contribution is 0.0940. The van der Waals surface area contributed by atoms with E-state index in [9.17, 15) is 4.79 Å². The van der Waals surface area contributed by atoms with E-state index in [1.54, 1.807) is 12.6 Å². The fraction of sp³-hybridized carbons (Fsp3) is 0.444. The zero-order chi connectivity index (χ0) is 16.9. The van der Waals surface area contributed by atoms with Gasteiger partial charge in [-0.2, -0.15) is 0 Å². The summed E-state index contributed by atoms with van der Waals surface area (Å²) in [5.74, 6) is 0.826. The van der Waals surface area contributed by atoms with Crippen molar-refractivity contribution in [2.24, 2.45) is 0 Å². The van der Waals surface area contributed by atoms with Crippen LogP contribution in [-0.2, 0) is 0 Å². The first-order valence-electron chi connectivity index (χ1n) is 8.26. The molecular weight excluding hydrogens is 322 g/mol. The molecule has 1 fully saturated rings. The Hall–Kier alpha value is -1.92. The second-order valence-electron chi connectivity index (χ2n) is 5.98. The van der Waals surface area contributed by atoms with Crippen molar-refractivity contribution < 1.29 is 9.53 Å². The maximum Gasteiger partial charge on any atom is 0.263 e. The molecule has 2 heterocycles. The maximum atomic E-state index is 12.4. The first-order chi connectivity index (χ1) is 11.7. The number of methoxy groups -OCH3 is 1. The van der Waals surface area contributed by atoms with Gasteiger partial charge in [-0.05, 0) is 38.9 Å². The van der Waals surface area contributed by atoms with Gasteiger partial charge in [0.25, 0.3) is 5.91 Å². The molecule has 24 heavy (non-hydrogen) atoms. The summed E-state index contributed by atoms with van der Waals surface area (Å²) < 4.78 is 5.54. The smallest absolute Gasteiger partial charge is 0.263 e. The van der Waals surface area contributed by atoms with Crippen LogP contribution in [-0.4, -0.2) is 42.5 Å². The van der Waals surface area contributed by atoms with Crippen LogP contribution in [0.3, 0.4) is 0 Å². The second kappa shape index (κ2) is 7.77. The molecule has 0 bridgehead atoms. The molecule has 0 unspecified atom stereocenters. The minimum Gasteiger partial charge on any atom is -0.496 e. The number of aromatic nitrogens is 1. The highest BCUT2D eigenvalue weighted by atomic mass is 32.1. The molecule has 1 aromatic heterocycles. The number of carbonyl (C=O) groups is 1. The van der Waals surface area contributed by atoms with E-state index >= 15 is 0 Å². The summed E-state index contributed by atoms with van der Waals surface area (Å²) in [5, 5.41) is 3.09. The van der Waals surface area contributed by atoms with Gasteiger partial charge in [0.15, 0.2) is 0 Å². The van der Waals surface area contributed by atoms with Crippen LogP contribution in [0.2, 0.25) is 0 Å². The molecule has 1 aromatic carbocycles. The molecule has 0 spiro atoms. The molecule has 128 valence electrons. The number of carbonyl (C=O) groups excluding carboxylic acids is 1. The van der Waals surface area contributed by atoms with E-state index in [1.165, 1.54) is 24.2 Å². The standard InChI is InChI=1S/C18H23N3O2S/c1-13-17(24-12-20-13)18(22)19-11-15(21-9-5-6-10-21)14-7-3-4-8-16(14)23-2/h3-4,7-8,12,15H,5-6,9-11H2,1-2H3,(H,19,22)/t15-/m1/s1. The largest absolute Gasteiger partial charge is 0.496 e. The third-order valence-corrected chi connectivity index (χ3v) is 5.41. The van der Waals surface area contributed by atoms with Crippen molar-refractivity contribution in [3.05, 3.63) is 45.9 Å². The number of ether oxygens (including phenoxy) is 1. The van der Waals surface area contributed by atoms with Crippen molar-refractivity contribution in [2.45, 2.75) is 25.8 Å². The Morgan fingerprint density at radius 1 is 1.38 bits per heavy atom. The van der Waals surface area contributed by atoms with Crippen LogP contribution >= 0.6 is 11.3 Å². The zero-order valence-electron chi connectivity index (χ0n) is 14.1. The number of rotatable bonds is 6. The van der Waals surface area contributed by atoms with Crippen LogP contribution in [0.25, 0.3) is 0 Å². The van der Waals surface area contributed by atoms with Crippen LogP contribution in [0.15, 0.2) is 29.8 Å². The van der Waals surface area contributed by atoms with Gasteiger partial charge in [0.05, 0.1) is 24.4 Å². The van der Waals surface area contributed by atoms with E-state index < -0.39 is 0 Å². The highest BCUT2D eigenvalue weighted by Gasteiger charge is 2.26. The quantitative estimate of drug-likeness (QED) is 0.874. The van der Waals surface area contributed by atoms with Gasteiger partial charge in [-0.25, -0.2) is 4.98 Å². The van der Waals surface area contributed by atoms with Crippen molar-refractivity contribution >= 4 is 17.2 Å². The van der Waals surface area contributed by atoms with E-state index in [-0.39, 0.29) is 11.9 Å². The van der Waals surface area contributed by atoms with Crippen molar-refractivity contribution in [1.82, 2.24) is 15.2 Å². The molecule has 1 aliphatic rings. The minimum atomic E-state index is -0.0471. The van der Waals surface area contributed by atoms with Gasteiger partial charge in [-0.1, -0.05) is 18.2 Å². The molecule has 6 heteroatoms. The molecule has 1 saturated heterocycles. The van der Waals surface area contributed by atoms with Gasteiger partial charge in [-0.3, -0.25) is 9.69 Å². The summed E-state index contributed by atoms with van der Waals surface area (Å²) in [5.41, 5.74) is 3.62. The van der Waals surface area contributed by atoms with Crippen LogP contribution < -0.4 is 10.1 Å². The fourth-order valence-electron chi connectivity index (χ4n) is 3.22. The van der Waals surface area contributed by atoms with E-state index in [1.807, 2.05) is 25.1 Å². The van der Waals surface area contributed by atoms with Gasteiger partial charge in [0, 0.05) is 12.1 Å². The Kier molecular flexibility index (Phi) is 5.48. The third-order valence-electron chi connectivity index (χ3n) is 4.49. The number of likely N-dealkylation sites (tertiary alicyclic amines) is 1. The van der Waals surface area contributed by atoms with E-state index in [2.05, 4.69) is 21.3 Å². The summed E-state index contributed by atoms with van der Waals surface area (Å²) in [6.45, 7) is 4.54. The Labute approximate surface area is 146 Å². The lowest BCUT2D eigenvalue weighted by Crippen LogP contribution is -2.37. The summed E-state index contributed by atoms with van der Waals surface area (Å²) >= 11 is 1.38. The van der Waals surface area contributed by atoms with Crippen LogP contribution in [0.1, 0.15) is 39.8 Å². The van der Waals surface area contributed by atoms with Crippen LogP contribution in [0.5, 0.6) is 5.75 Å². The predicted molar refractivity (Wildman–Crippen MR) is 95.7 cm³/mol. The lowest BCUT2D eigenvalue weighted by atomic mass is 10.0. The summed E-state index contributed by atoms with van der Waals surface area (Å²) in [7, 11) is 1.69. The summed E-state index contributed by atoms with van der Waals surface area (Å²) in [6.07, 6.45) is 2.40. The Morgan fingerprint density at radius 3 is 2.79 bits per heavy atom. The molecule has 2 aromatic rings. The van der Waals surface area contributed by atoms with Crippen LogP contribution in [0, 0.1) is 6.92 Å². The lowest BCUT2D eigenvalue weighted by Gasteiger charge is -2.29. The minimum absolute atomic E-state index is 0.0471. The SMILES string of the molecule is COc1ccccc1[C@@H](CNC(=O)c1scnc1C)N1CCCC1. The van der Waals surface area contributed by atoms with Crippen molar-refractivity contribution in [2.75, 3.05) is 26.7 Å². The molecule has 5 nitrogen and oxygen atoms in total. The van der Waals surface area contributed by atoms with Crippen LogP contribution in [0.4, 0.5) is 0 Å². The Bertz CT molecular complexity index is 695. The van der Waals surface area contributed by atoms with Gasteiger partial charge >= 0.3 is 0 Å². The number of hydrogen-bond donors (Lipinski definition) is 1. The van der Waals surface area contributed by atoms with Crippen molar-refractivity contribution in [3.63, 3.8) is 0 Å². The third kappa shape index (κ3) is 3.60. The number of amides is 1. The Morgan fingerprint density at radius 2 is 2.12 bits per heavy atom. The first kappa shape index (κ1) is 16.9. The van der Waals surface area contributed by atoms with E-state index in [4.69, 9.17) is 4.74 Å². The van der Waals surface area contributed by atoms with Gasteiger partial charge < -0.3 is 10.1 Å². The zero-order valence-corrected chi connectivity index (χ0v) is 14.9. The summed E-state index contributed by atoms with van der Waals surface area (Å²) in [6, 6.07) is 8.19. The molecule has 0 aliphatic carbocycles. The normalized spacial score (nSPS) is 16.1. The van der Waals surface area contributed by atoms with E-state index in [0.717, 1.165) is 30.1 Å². The molecule has 0 radical (unpaired) electrons.